The second-order valence-electron chi connectivity index (χ2n) is 9.31. The third-order valence-electron chi connectivity index (χ3n) is 6.51. The van der Waals surface area contributed by atoms with Crippen LogP contribution in [0.1, 0.15) is 65.9 Å². The fraction of sp³-hybridized carbons (Fsp3) is 0.727. The van der Waals surface area contributed by atoms with Gasteiger partial charge >= 0.3 is 7.12 Å². The zero-order valence-electron chi connectivity index (χ0n) is 17.8. The molecule has 2 atom stereocenters. The lowest BCUT2D eigenvalue weighted by atomic mass is 9.76. The average molecular weight is 374 g/mol. The highest BCUT2D eigenvalue weighted by atomic mass is 16.7. The largest absolute Gasteiger partial charge is 0.497 e. The minimum atomic E-state index is -0.380. The first kappa shape index (κ1) is 20.7. The van der Waals surface area contributed by atoms with E-state index < -0.39 is 0 Å². The van der Waals surface area contributed by atoms with E-state index in [0.717, 1.165) is 29.3 Å². The summed E-state index contributed by atoms with van der Waals surface area (Å²) >= 11 is 0. The van der Waals surface area contributed by atoms with Gasteiger partial charge < -0.3 is 18.8 Å². The van der Waals surface area contributed by atoms with Crippen molar-refractivity contribution in [1.82, 2.24) is 0 Å². The molecule has 1 saturated heterocycles. The van der Waals surface area contributed by atoms with Crippen molar-refractivity contribution >= 4 is 12.6 Å². The molecule has 1 aromatic rings. The Kier molecular flexibility index (Phi) is 6.24. The van der Waals surface area contributed by atoms with Gasteiger partial charge in [0, 0.05) is 6.61 Å². The molecule has 1 aliphatic carbocycles. The van der Waals surface area contributed by atoms with Gasteiger partial charge in [-0.1, -0.05) is 25.8 Å². The minimum absolute atomic E-state index is 0.353. The monoisotopic (exact) mass is 374 g/mol. The van der Waals surface area contributed by atoms with E-state index in [1.165, 1.54) is 25.7 Å². The SMILES string of the molecule is COc1ccc(B2OC(C)(C)C(C)(C)O2)c(COCC2CCCC(C)C2)c1. The Morgan fingerprint density at radius 3 is 2.44 bits per heavy atom. The molecule has 1 heterocycles. The molecule has 1 saturated carbocycles. The van der Waals surface area contributed by atoms with Crippen molar-refractivity contribution in [2.24, 2.45) is 11.8 Å². The van der Waals surface area contributed by atoms with Crippen LogP contribution in [0.5, 0.6) is 5.75 Å². The van der Waals surface area contributed by atoms with Crippen LogP contribution in [-0.2, 0) is 20.7 Å². The molecule has 1 aromatic carbocycles. The predicted octanol–water partition coefficient (Wildman–Crippen LogP) is 4.34. The van der Waals surface area contributed by atoms with E-state index in [2.05, 4.69) is 34.6 Å². The summed E-state index contributed by atoms with van der Waals surface area (Å²) in [6, 6.07) is 6.05. The second kappa shape index (κ2) is 8.14. The summed E-state index contributed by atoms with van der Waals surface area (Å²) in [5.41, 5.74) is 1.41. The molecule has 3 rings (SSSR count). The molecule has 0 bridgehead atoms. The van der Waals surface area contributed by atoms with Gasteiger partial charge in [-0.25, -0.2) is 0 Å². The van der Waals surface area contributed by atoms with Crippen molar-refractivity contribution in [3.63, 3.8) is 0 Å². The molecule has 0 aromatic heterocycles. The maximum atomic E-state index is 6.26. The fourth-order valence-corrected chi connectivity index (χ4v) is 4.08. The van der Waals surface area contributed by atoms with E-state index in [1.807, 2.05) is 18.2 Å². The molecule has 0 spiro atoms. The molecule has 2 aliphatic rings. The summed E-state index contributed by atoms with van der Waals surface area (Å²) in [4.78, 5) is 0. The Labute approximate surface area is 165 Å². The van der Waals surface area contributed by atoms with Gasteiger partial charge in [-0.3, -0.25) is 0 Å². The van der Waals surface area contributed by atoms with Crippen LogP contribution in [0.15, 0.2) is 18.2 Å². The van der Waals surface area contributed by atoms with E-state index in [4.69, 9.17) is 18.8 Å². The zero-order valence-corrected chi connectivity index (χ0v) is 17.8. The maximum absolute atomic E-state index is 6.26. The van der Waals surface area contributed by atoms with Crippen LogP contribution >= 0.6 is 0 Å². The quantitative estimate of drug-likeness (QED) is 0.695. The maximum Gasteiger partial charge on any atom is 0.495 e. The van der Waals surface area contributed by atoms with E-state index in [9.17, 15) is 0 Å². The summed E-state index contributed by atoms with van der Waals surface area (Å²) < 4.78 is 24.1. The molecule has 0 N–H and O–H groups in total. The number of benzene rings is 1. The Bertz CT molecular complexity index is 627. The van der Waals surface area contributed by atoms with E-state index in [1.54, 1.807) is 7.11 Å². The topological polar surface area (TPSA) is 36.9 Å². The second-order valence-corrected chi connectivity index (χ2v) is 9.31. The standard InChI is InChI=1S/C22H35BO4/c1-16-8-7-9-17(12-16)14-25-15-18-13-19(24-6)10-11-20(18)23-26-21(2,3)22(4,5)27-23/h10-11,13,16-17H,7-9,12,14-15H2,1-6H3. The Balaban J connectivity index is 1.70. The highest BCUT2D eigenvalue weighted by molar-refractivity contribution is 6.62. The van der Waals surface area contributed by atoms with Crippen molar-refractivity contribution in [1.29, 1.82) is 0 Å². The Morgan fingerprint density at radius 1 is 1.11 bits per heavy atom. The third-order valence-corrected chi connectivity index (χ3v) is 6.51. The van der Waals surface area contributed by atoms with Crippen molar-refractivity contribution in [3.8, 4) is 5.75 Å². The molecular formula is C22H35BO4. The van der Waals surface area contributed by atoms with Gasteiger partial charge in [0.25, 0.3) is 0 Å². The van der Waals surface area contributed by atoms with Gasteiger partial charge in [0.05, 0.1) is 24.9 Å². The summed E-state index contributed by atoms with van der Waals surface area (Å²) in [5.74, 6) is 2.34. The lowest BCUT2D eigenvalue weighted by molar-refractivity contribution is 0.00578. The van der Waals surface area contributed by atoms with Crippen molar-refractivity contribution in [2.45, 2.75) is 78.1 Å². The Hall–Kier alpha value is -1.04. The molecule has 5 heteroatoms. The fourth-order valence-electron chi connectivity index (χ4n) is 4.08. The van der Waals surface area contributed by atoms with Gasteiger partial charge in [0.2, 0.25) is 0 Å². The number of hydrogen-bond donors (Lipinski definition) is 0. The van der Waals surface area contributed by atoms with Gasteiger partial charge in [-0.15, -0.1) is 0 Å². The van der Waals surface area contributed by atoms with Gasteiger partial charge in [0.15, 0.2) is 0 Å². The van der Waals surface area contributed by atoms with E-state index in [0.29, 0.717) is 12.5 Å². The van der Waals surface area contributed by atoms with Gasteiger partial charge in [-0.2, -0.15) is 0 Å². The summed E-state index contributed by atoms with van der Waals surface area (Å²) in [5, 5.41) is 0. The number of methoxy groups -OCH3 is 1. The Morgan fingerprint density at radius 2 is 1.81 bits per heavy atom. The number of ether oxygens (including phenoxy) is 2. The first-order chi connectivity index (χ1) is 12.7. The van der Waals surface area contributed by atoms with Crippen LogP contribution in [-0.4, -0.2) is 32.0 Å². The van der Waals surface area contributed by atoms with Gasteiger partial charge in [-0.05, 0) is 75.5 Å². The molecule has 0 amide bonds. The molecule has 2 unspecified atom stereocenters. The summed E-state index contributed by atoms with van der Waals surface area (Å²) in [7, 11) is 1.31. The van der Waals surface area contributed by atoms with Crippen molar-refractivity contribution in [2.75, 3.05) is 13.7 Å². The molecule has 27 heavy (non-hydrogen) atoms. The highest BCUT2D eigenvalue weighted by Crippen LogP contribution is 2.37. The van der Waals surface area contributed by atoms with Gasteiger partial charge in [0.1, 0.15) is 5.75 Å². The van der Waals surface area contributed by atoms with Crippen molar-refractivity contribution in [3.05, 3.63) is 23.8 Å². The number of hydrogen-bond acceptors (Lipinski definition) is 4. The smallest absolute Gasteiger partial charge is 0.495 e. The van der Waals surface area contributed by atoms with Crippen LogP contribution in [0.2, 0.25) is 0 Å². The predicted molar refractivity (Wildman–Crippen MR) is 109 cm³/mol. The van der Waals surface area contributed by atoms with Crippen LogP contribution in [0, 0.1) is 11.8 Å². The average Bonchev–Trinajstić information content (AvgIpc) is 2.82. The van der Waals surface area contributed by atoms with Crippen LogP contribution in [0.25, 0.3) is 0 Å². The van der Waals surface area contributed by atoms with Crippen LogP contribution in [0.4, 0.5) is 0 Å². The molecule has 0 radical (unpaired) electrons. The first-order valence-corrected chi connectivity index (χ1v) is 10.3. The van der Waals surface area contributed by atoms with E-state index in [-0.39, 0.29) is 18.3 Å². The minimum Gasteiger partial charge on any atom is -0.497 e. The van der Waals surface area contributed by atoms with Crippen LogP contribution < -0.4 is 10.2 Å². The lowest BCUT2D eigenvalue weighted by Gasteiger charge is -2.32. The molecular weight excluding hydrogens is 339 g/mol. The summed E-state index contributed by atoms with van der Waals surface area (Å²) in [6.07, 6.45) is 5.25. The third kappa shape index (κ3) is 4.69. The molecule has 4 nitrogen and oxygen atoms in total. The van der Waals surface area contributed by atoms with Crippen molar-refractivity contribution < 1.29 is 18.8 Å². The highest BCUT2D eigenvalue weighted by Gasteiger charge is 2.52. The molecule has 2 fully saturated rings. The normalized spacial score (nSPS) is 27.0. The van der Waals surface area contributed by atoms with Crippen LogP contribution in [0.3, 0.4) is 0 Å². The molecule has 1 aliphatic heterocycles. The van der Waals surface area contributed by atoms with E-state index >= 15 is 0 Å². The summed E-state index contributed by atoms with van der Waals surface area (Å²) in [6.45, 7) is 12.1. The first-order valence-electron chi connectivity index (χ1n) is 10.3. The zero-order chi connectivity index (χ0) is 19.7. The lowest BCUT2D eigenvalue weighted by Crippen LogP contribution is -2.41. The number of rotatable bonds is 6. The molecule has 150 valence electrons.